The Balaban J connectivity index is 0.000000171. The van der Waals surface area contributed by atoms with Crippen molar-refractivity contribution < 1.29 is 0 Å². The van der Waals surface area contributed by atoms with Crippen molar-refractivity contribution in [1.82, 2.24) is 0 Å². The Labute approximate surface area is 178 Å². The van der Waals surface area contributed by atoms with Gasteiger partial charge in [0.15, 0.2) is 0 Å². The zero-order chi connectivity index (χ0) is 21.3. The van der Waals surface area contributed by atoms with E-state index >= 15 is 0 Å². The van der Waals surface area contributed by atoms with Crippen LogP contribution in [0.25, 0.3) is 0 Å². The lowest BCUT2D eigenvalue weighted by Gasteiger charge is -2.05. The highest BCUT2D eigenvalue weighted by Gasteiger charge is 2.00. The van der Waals surface area contributed by atoms with Crippen LogP contribution >= 0.6 is 0 Å². The van der Waals surface area contributed by atoms with Crippen LogP contribution in [0.2, 0.25) is 0 Å². The SMILES string of the molecule is Nc1ccc(Cc2ccccc2N)cc1.Nc1ccc(Cc2ccccc2N)cc1. The third-order valence-electron chi connectivity index (χ3n) is 4.86. The van der Waals surface area contributed by atoms with Gasteiger partial charge in [-0.3, -0.25) is 0 Å². The third-order valence-corrected chi connectivity index (χ3v) is 4.86. The Hall–Kier alpha value is -3.92. The molecule has 0 atom stereocenters. The number of nitrogen functional groups attached to an aromatic ring is 4. The molecule has 0 aromatic heterocycles. The Morgan fingerprint density at radius 1 is 0.400 bits per heavy atom. The first-order chi connectivity index (χ1) is 14.5. The highest BCUT2D eigenvalue weighted by Crippen LogP contribution is 2.17. The molecular weight excluding hydrogens is 368 g/mol. The summed E-state index contributed by atoms with van der Waals surface area (Å²) in [5, 5.41) is 0. The zero-order valence-corrected chi connectivity index (χ0v) is 17.0. The van der Waals surface area contributed by atoms with Crippen LogP contribution in [0, 0.1) is 0 Å². The molecule has 4 heteroatoms. The molecule has 0 aliphatic carbocycles. The van der Waals surface area contributed by atoms with Gasteiger partial charge in [0, 0.05) is 22.7 Å². The lowest BCUT2D eigenvalue weighted by Crippen LogP contribution is -1.95. The Bertz CT molecular complexity index is 982. The van der Waals surface area contributed by atoms with Gasteiger partial charge in [-0.1, -0.05) is 60.7 Å². The molecule has 0 bridgehead atoms. The first kappa shape index (κ1) is 20.8. The van der Waals surface area contributed by atoms with Crippen molar-refractivity contribution in [3.63, 3.8) is 0 Å². The minimum Gasteiger partial charge on any atom is -0.399 e. The van der Waals surface area contributed by atoms with Crippen molar-refractivity contribution >= 4 is 22.7 Å². The number of nitrogens with two attached hydrogens (primary N) is 4. The van der Waals surface area contributed by atoms with Crippen molar-refractivity contribution in [2.75, 3.05) is 22.9 Å². The van der Waals surface area contributed by atoms with Gasteiger partial charge in [-0.25, -0.2) is 0 Å². The number of para-hydroxylation sites is 2. The normalized spacial score (nSPS) is 10.1. The second-order valence-electron chi connectivity index (χ2n) is 7.23. The summed E-state index contributed by atoms with van der Waals surface area (Å²) in [7, 11) is 0. The van der Waals surface area contributed by atoms with Crippen LogP contribution in [-0.4, -0.2) is 0 Å². The van der Waals surface area contributed by atoms with E-state index in [9.17, 15) is 0 Å². The molecule has 152 valence electrons. The Morgan fingerprint density at radius 3 is 1.07 bits per heavy atom. The van der Waals surface area contributed by atoms with Crippen LogP contribution in [0.5, 0.6) is 0 Å². The van der Waals surface area contributed by atoms with Gasteiger partial charge in [0.2, 0.25) is 0 Å². The first-order valence-electron chi connectivity index (χ1n) is 9.87. The fraction of sp³-hybridized carbons (Fsp3) is 0.0769. The molecular formula is C26H28N4. The van der Waals surface area contributed by atoms with Crippen molar-refractivity contribution in [2.45, 2.75) is 12.8 Å². The summed E-state index contributed by atoms with van der Waals surface area (Å²) in [5.74, 6) is 0. The Morgan fingerprint density at radius 2 is 0.733 bits per heavy atom. The van der Waals surface area contributed by atoms with Crippen LogP contribution < -0.4 is 22.9 Å². The summed E-state index contributed by atoms with van der Waals surface area (Å²) in [5.41, 5.74) is 31.0. The van der Waals surface area contributed by atoms with E-state index in [1.165, 1.54) is 11.1 Å². The summed E-state index contributed by atoms with van der Waals surface area (Å²) in [4.78, 5) is 0. The second-order valence-corrected chi connectivity index (χ2v) is 7.23. The van der Waals surface area contributed by atoms with Gasteiger partial charge in [-0.15, -0.1) is 0 Å². The molecule has 4 nitrogen and oxygen atoms in total. The topological polar surface area (TPSA) is 104 Å². The molecule has 0 fully saturated rings. The maximum absolute atomic E-state index is 5.87. The van der Waals surface area contributed by atoms with Crippen LogP contribution in [-0.2, 0) is 12.8 Å². The van der Waals surface area contributed by atoms with Gasteiger partial charge in [-0.2, -0.15) is 0 Å². The van der Waals surface area contributed by atoms with Crippen molar-refractivity contribution in [1.29, 1.82) is 0 Å². The standard InChI is InChI=1S/2C13H14N2/c2*14-12-7-5-10(6-8-12)9-11-3-1-2-4-13(11)15/h2*1-8H,9,14-15H2. The molecule has 0 saturated carbocycles. The molecule has 0 unspecified atom stereocenters. The molecule has 0 aliphatic rings. The van der Waals surface area contributed by atoms with E-state index in [2.05, 4.69) is 0 Å². The van der Waals surface area contributed by atoms with E-state index in [1.54, 1.807) is 0 Å². The summed E-state index contributed by atoms with van der Waals surface area (Å²) in [6.45, 7) is 0. The first-order valence-corrected chi connectivity index (χ1v) is 9.87. The third kappa shape index (κ3) is 6.04. The molecule has 0 spiro atoms. The second kappa shape index (κ2) is 10.0. The molecule has 30 heavy (non-hydrogen) atoms. The molecule has 4 aromatic carbocycles. The summed E-state index contributed by atoms with van der Waals surface area (Å²) >= 11 is 0. The quantitative estimate of drug-likeness (QED) is 0.369. The summed E-state index contributed by atoms with van der Waals surface area (Å²) in [6, 6.07) is 31.6. The van der Waals surface area contributed by atoms with Gasteiger partial charge >= 0.3 is 0 Å². The summed E-state index contributed by atoms with van der Waals surface area (Å²) < 4.78 is 0. The monoisotopic (exact) mass is 396 g/mol. The van der Waals surface area contributed by atoms with Gasteiger partial charge in [0.05, 0.1) is 0 Å². The molecule has 8 N–H and O–H groups in total. The van der Waals surface area contributed by atoms with Crippen molar-refractivity contribution in [2.24, 2.45) is 0 Å². The van der Waals surface area contributed by atoms with Crippen molar-refractivity contribution in [3.05, 3.63) is 119 Å². The fourth-order valence-electron chi connectivity index (χ4n) is 3.10. The number of hydrogen-bond donors (Lipinski definition) is 4. The number of rotatable bonds is 4. The molecule has 0 heterocycles. The largest absolute Gasteiger partial charge is 0.399 e. The average Bonchev–Trinajstić information content (AvgIpc) is 2.75. The van der Waals surface area contributed by atoms with E-state index in [0.29, 0.717) is 0 Å². The number of benzene rings is 4. The predicted octanol–water partition coefficient (Wildman–Crippen LogP) is 4.88. The van der Waals surface area contributed by atoms with Crippen LogP contribution in [0.15, 0.2) is 97.1 Å². The maximum atomic E-state index is 5.87. The smallest absolute Gasteiger partial charge is 0.0349 e. The lowest BCUT2D eigenvalue weighted by molar-refractivity contribution is 1.20. The summed E-state index contributed by atoms with van der Waals surface area (Å²) in [6.07, 6.45) is 1.71. The van der Waals surface area contributed by atoms with E-state index in [-0.39, 0.29) is 0 Å². The lowest BCUT2D eigenvalue weighted by atomic mass is 10.0. The molecule has 0 amide bonds. The average molecular weight is 397 g/mol. The molecule has 0 radical (unpaired) electrons. The molecule has 0 aliphatic heterocycles. The van der Waals surface area contributed by atoms with Crippen LogP contribution in [0.3, 0.4) is 0 Å². The van der Waals surface area contributed by atoms with Gasteiger partial charge in [0.1, 0.15) is 0 Å². The molecule has 0 saturated heterocycles. The minimum atomic E-state index is 0.791. The highest BCUT2D eigenvalue weighted by molar-refractivity contribution is 5.50. The fourth-order valence-corrected chi connectivity index (χ4v) is 3.10. The predicted molar refractivity (Wildman–Crippen MR) is 129 cm³/mol. The Kier molecular flexibility index (Phi) is 6.95. The van der Waals surface area contributed by atoms with Crippen molar-refractivity contribution in [3.8, 4) is 0 Å². The van der Waals surface area contributed by atoms with Crippen LogP contribution in [0.4, 0.5) is 22.7 Å². The highest BCUT2D eigenvalue weighted by atomic mass is 14.6. The van der Waals surface area contributed by atoms with E-state index in [0.717, 1.165) is 46.7 Å². The van der Waals surface area contributed by atoms with Crippen LogP contribution in [0.1, 0.15) is 22.3 Å². The minimum absolute atomic E-state index is 0.791. The van der Waals surface area contributed by atoms with Gasteiger partial charge in [-0.05, 0) is 71.5 Å². The van der Waals surface area contributed by atoms with Gasteiger partial charge in [0.25, 0.3) is 0 Å². The zero-order valence-electron chi connectivity index (χ0n) is 17.0. The van der Waals surface area contributed by atoms with E-state index in [4.69, 9.17) is 22.9 Å². The number of anilines is 4. The van der Waals surface area contributed by atoms with Gasteiger partial charge < -0.3 is 22.9 Å². The molecule has 4 aromatic rings. The number of hydrogen-bond acceptors (Lipinski definition) is 4. The van der Waals surface area contributed by atoms with E-state index < -0.39 is 0 Å². The molecule has 4 rings (SSSR count). The van der Waals surface area contributed by atoms with E-state index in [1.807, 2.05) is 97.1 Å². The maximum Gasteiger partial charge on any atom is 0.0349 e.